The number of ether oxygens (including phenoxy) is 1. The second-order valence-corrected chi connectivity index (χ2v) is 3.63. The second-order valence-electron chi connectivity index (χ2n) is 3.63. The maximum absolute atomic E-state index is 11.5. The van der Waals surface area contributed by atoms with E-state index in [1.807, 2.05) is 30.3 Å². The molecule has 1 rings (SSSR count). The lowest BCUT2D eigenvalue weighted by Gasteiger charge is -2.18. The molecule has 0 aliphatic rings. The molecule has 17 heavy (non-hydrogen) atoms. The van der Waals surface area contributed by atoms with Crippen molar-refractivity contribution in [1.29, 1.82) is 0 Å². The van der Waals surface area contributed by atoms with Gasteiger partial charge in [0.15, 0.2) is 0 Å². The molecule has 0 fully saturated rings. The van der Waals surface area contributed by atoms with E-state index in [1.165, 1.54) is 14.2 Å². The van der Waals surface area contributed by atoms with Gasteiger partial charge in [-0.3, -0.25) is 9.63 Å². The molecule has 1 atom stereocenters. The fourth-order valence-corrected chi connectivity index (χ4v) is 1.27. The summed E-state index contributed by atoms with van der Waals surface area (Å²) >= 11 is 0. The Bertz CT molecular complexity index is 343. The Balaban J connectivity index is 2.29. The van der Waals surface area contributed by atoms with Crippen molar-refractivity contribution in [3.63, 3.8) is 0 Å². The van der Waals surface area contributed by atoms with Gasteiger partial charge in [-0.1, -0.05) is 30.3 Å². The Morgan fingerprint density at radius 1 is 1.41 bits per heavy atom. The highest BCUT2D eigenvalue weighted by molar-refractivity contribution is 5.80. The summed E-state index contributed by atoms with van der Waals surface area (Å²) in [4.78, 5) is 16.3. The van der Waals surface area contributed by atoms with E-state index in [-0.39, 0.29) is 12.5 Å². The van der Waals surface area contributed by atoms with E-state index >= 15 is 0 Å². The molecule has 0 aliphatic carbocycles. The highest BCUT2D eigenvalue weighted by Gasteiger charge is 2.17. The lowest BCUT2D eigenvalue weighted by atomic mass is 10.2. The number of carbonyl (C=O) groups excluding carboxylic acids is 1. The summed E-state index contributed by atoms with van der Waals surface area (Å²) in [5, 5.41) is 1.09. The summed E-state index contributed by atoms with van der Waals surface area (Å²) in [5.41, 5.74) is 6.71. The molecule has 0 aromatic heterocycles. The van der Waals surface area contributed by atoms with Crippen LogP contribution < -0.4 is 5.73 Å². The van der Waals surface area contributed by atoms with Crippen LogP contribution in [0.25, 0.3) is 0 Å². The van der Waals surface area contributed by atoms with E-state index in [9.17, 15) is 4.79 Å². The lowest BCUT2D eigenvalue weighted by Crippen LogP contribution is -2.44. The zero-order valence-corrected chi connectivity index (χ0v) is 10.1. The van der Waals surface area contributed by atoms with Crippen LogP contribution in [0.2, 0.25) is 0 Å². The third kappa shape index (κ3) is 4.52. The highest BCUT2D eigenvalue weighted by atomic mass is 16.7. The fourth-order valence-electron chi connectivity index (χ4n) is 1.27. The number of amides is 1. The Morgan fingerprint density at radius 3 is 2.65 bits per heavy atom. The van der Waals surface area contributed by atoms with Crippen molar-refractivity contribution in [2.24, 2.45) is 5.73 Å². The molecular weight excluding hydrogens is 220 g/mol. The van der Waals surface area contributed by atoms with Crippen LogP contribution >= 0.6 is 0 Å². The SMILES string of the molecule is CON(C)C(=O)[C@@H](N)COCc1ccccc1. The zero-order chi connectivity index (χ0) is 12.7. The predicted molar refractivity (Wildman–Crippen MR) is 63.9 cm³/mol. The van der Waals surface area contributed by atoms with Gasteiger partial charge in [0.1, 0.15) is 6.04 Å². The molecule has 1 aromatic rings. The smallest absolute Gasteiger partial charge is 0.265 e. The van der Waals surface area contributed by atoms with Gasteiger partial charge in [-0.15, -0.1) is 0 Å². The number of likely N-dealkylation sites (N-methyl/N-ethyl adjacent to an activating group) is 1. The molecule has 5 heteroatoms. The van der Waals surface area contributed by atoms with Gasteiger partial charge in [0, 0.05) is 7.05 Å². The molecule has 2 N–H and O–H groups in total. The molecule has 1 amide bonds. The first-order valence-corrected chi connectivity index (χ1v) is 5.34. The topological polar surface area (TPSA) is 64.8 Å². The molecule has 0 radical (unpaired) electrons. The molecule has 0 saturated carbocycles. The second kappa shape index (κ2) is 7.01. The third-order valence-electron chi connectivity index (χ3n) is 2.31. The average molecular weight is 238 g/mol. The Hall–Kier alpha value is -1.43. The standard InChI is InChI=1S/C12H18N2O3/c1-14(16-2)12(15)11(13)9-17-8-10-6-4-3-5-7-10/h3-7,11H,8-9,13H2,1-2H3/t11-/m0/s1. The van der Waals surface area contributed by atoms with E-state index < -0.39 is 6.04 Å². The van der Waals surface area contributed by atoms with Gasteiger partial charge in [-0.2, -0.15) is 0 Å². The van der Waals surface area contributed by atoms with Crippen LogP contribution in [0.1, 0.15) is 5.56 Å². The Morgan fingerprint density at radius 2 is 2.06 bits per heavy atom. The number of nitrogens with zero attached hydrogens (tertiary/aromatic N) is 1. The number of rotatable bonds is 6. The van der Waals surface area contributed by atoms with Gasteiger partial charge < -0.3 is 10.5 Å². The molecule has 5 nitrogen and oxygen atoms in total. The maximum Gasteiger partial charge on any atom is 0.265 e. The molecule has 0 bridgehead atoms. The van der Waals surface area contributed by atoms with Gasteiger partial charge >= 0.3 is 0 Å². The number of benzene rings is 1. The van der Waals surface area contributed by atoms with E-state index in [1.54, 1.807) is 0 Å². The van der Waals surface area contributed by atoms with Crippen molar-refractivity contribution in [3.05, 3.63) is 35.9 Å². The Labute approximate surface area is 101 Å². The largest absolute Gasteiger partial charge is 0.375 e. The van der Waals surface area contributed by atoms with E-state index in [0.717, 1.165) is 10.6 Å². The minimum Gasteiger partial charge on any atom is -0.375 e. The van der Waals surface area contributed by atoms with Crippen LogP contribution in [0, 0.1) is 0 Å². The summed E-state index contributed by atoms with van der Waals surface area (Å²) in [5.74, 6) is -0.305. The van der Waals surface area contributed by atoms with E-state index in [2.05, 4.69) is 0 Å². The molecule has 0 unspecified atom stereocenters. The molecule has 1 aromatic carbocycles. The summed E-state index contributed by atoms with van der Waals surface area (Å²) in [7, 11) is 2.93. The molecule has 0 heterocycles. The van der Waals surface area contributed by atoms with Crippen molar-refractivity contribution in [2.75, 3.05) is 20.8 Å². The first kappa shape index (κ1) is 13.6. The van der Waals surface area contributed by atoms with Crippen molar-refractivity contribution < 1.29 is 14.4 Å². The first-order chi connectivity index (χ1) is 8.15. The number of hydrogen-bond donors (Lipinski definition) is 1. The Kier molecular flexibility index (Phi) is 5.62. The van der Waals surface area contributed by atoms with Gasteiger partial charge in [0.2, 0.25) is 0 Å². The summed E-state index contributed by atoms with van der Waals surface area (Å²) in [6.45, 7) is 0.611. The van der Waals surface area contributed by atoms with Gasteiger partial charge in [-0.05, 0) is 5.56 Å². The summed E-state index contributed by atoms with van der Waals surface area (Å²) in [6.07, 6.45) is 0. The first-order valence-electron chi connectivity index (χ1n) is 5.34. The highest BCUT2D eigenvalue weighted by Crippen LogP contribution is 2.01. The van der Waals surface area contributed by atoms with Crippen molar-refractivity contribution in [1.82, 2.24) is 5.06 Å². The van der Waals surface area contributed by atoms with Crippen LogP contribution in [0.4, 0.5) is 0 Å². The number of hydroxylamine groups is 2. The van der Waals surface area contributed by atoms with Crippen LogP contribution in [0.3, 0.4) is 0 Å². The lowest BCUT2D eigenvalue weighted by molar-refractivity contribution is -0.171. The summed E-state index contributed by atoms with van der Waals surface area (Å²) in [6, 6.07) is 9.00. The van der Waals surface area contributed by atoms with Crippen LogP contribution in [-0.2, 0) is 21.0 Å². The van der Waals surface area contributed by atoms with Gasteiger partial charge in [0.05, 0.1) is 20.3 Å². The average Bonchev–Trinajstić information content (AvgIpc) is 2.38. The molecule has 94 valence electrons. The fraction of sp³-hybridized carbons (Fsp3) is 0.417. The quantitative estimate of drug-likeness (QED) is 0.735. The maximum atomic E-state index is 11.5. The van der Waals surface area contributed by atoms with Crippen molar-refractivity contribution in [2.45, 2.75) is 12.6 Å². The van der Waals surface area contributed by atoms with Gasteiger partial charge in [-0.25, -0.2) is 5.06 Å². The van der Waals surface area contributed by atoms with Crippen molar-refractivity contribution >= 4 is 5.91 Å². The van der Waals surface area contributed by atoms with E-state index in [0.29, 0.717) is 6.61 Å². The van der Waals surface area contributed by atoms with Crippen LogP contribution in [-0.4, -0.2) is 37.8 Å². The van der Waals surface area contributed by atoms with Crippen LogP contribution in [0.5, 0.6) is 0 Å². The molecule has 0 saturated heterocycles. The van der Waals surface area contributed by atoms with E-state index in [4.69, 9.17) is 15.3 Å². The monoisotopic (exact) mass is 238 g/mol. The van der Waals surface area contributed by atoms with Crippen LogP contribution in [0.15, 0.2) is 30.3 Å². The molecule has 0 spiro atoms. The predicted octanol–water partition coefficient (Wildman–Crippen LogP) is 0.550. The minimum absolute atomic E-state index is 0.168. The zero-order valence-electron chi connectivity index (χ0n) is 10.1. The normalized spacial score (nSPS) is 12.2. The third-order valence-corrected chi connectivity index (χ3v) is 2.31. The summed E-state index contributed by atoms with van der Waals surface area (Å²) < 4.78 is 5.37. The van der Waals surface area contributed by atoms with Gasteiger partial charge in [0.25, 0.3) is 5.91 Å². The molecular formula is C12H18N2O3. The number of carbonyl (C=O) groups is 1. The molecule has 0 aliphatic heterocycles. The van der Waals surface area contributed by atoms with Crippen molar-refractivity contribution in [3.8, 4) is 0 Å². The number of nitrogens with two attached hydrogens (primary N) is 1. The number of hydrogen-bond acceptors (Lipinski definition) is 4. The minimum atomic E-state index is -0.705.